The topological polar surface area (TPSA) is 19.9 Å². The maximum Gasteiger partial charge on any atom is 0.104 e. The average molecular weight is 111 g/mol. The molecule has 3 rings (SSSR count). The van der Waals surface area contributed by atoms with Gasteiger partial charge >= 0.3 is 0 Å². The highest BCUT2D eigenvalue weighted by Crippen LogP contribution is 2.48. The van der Waals surface area contributed by atoms with Crippen LogP contribution < -0.4 is 0 Å². The minimum Gasteiger partial charge on any atom is -0.229 e. The summed E-state index contributed by atoms with van der Waals surface area (Å²) in [7, 11) is 0. The lowest BCUT2D eigenvalue weighted by molar-refractivity contribution is -0.153. The van der Waals surface area contributed by atoms with Crippen molar-refractivity contribution in [1.82, 2.24) is 0 Å². The standard InChI is InChI=1S/C7H11O/c8-7-3-1-2-6(4-7)5-7/h6H,1-5H2. The molecule has 0 N–H and O–H groups in total. The van der Waals surface area contributed by atoms with Crippen LogP contribution in [0.5, 0.6) is 0 Å². The molecular weight excluding hydrogens is 100 g/mol. The van der Waals surface area contributed by atoms with Crippen molar-refractivity contribution in [3.8, 4) is 0 Å². The summed E-state index contributed by atoms with van der Waals surface area (Å²) < 4.78 is 0. The second kappa shape index (κ2) is 1.27. The van der Waals surface area contributed by atoms with E-state index in [0.717, 1.165) is 25.2 Å². The molecule has 1 radical (unpaired) electrons. The van der Waals surface area contributed by atoms with Gasteiger partial charge in [-0.2, -0.15) is 0 Å². The van der Waals surface area contributed by atoms with Crippen molar-refractivity contribution >= 4 is 0 Å². The zero-order valence-corrected chi connectivity index (χ0v) is 5.02. The van der Waals surface area contributed by atoms with Gasteiger partial charge in [-0.05, 0) is 25.2 Å². The fraction of sp³-hybridized carbons (Fsp3) is 1.00. The van der Waals surface area contributed by atoms with E-state index in [4.69, 9.17) is 0 Å². The average Bonchev–Trinajstić information content (AvgIpc) is 1.63. The van der Waals surface area contributed by atoms with Gasteiger partial charge in [0.1, 0.15) is 5.60 Å². The normalized spacial score (nSPS) is 52.9. The lowest BCUT2D eigenvalue weighted by Gasteiger charge is -2.46. The van der Waals surface area contributed by atoms with Crippen molar-refractivity contribution in [2.75, 3.05) is 0 Å². The Morgan fingerprint density at radius 3 is 2.38 bits per heavy atom. The van der Waals surface area contributed by atoms with Gasteiger partial charge in [0.05, 0.1) is 0 Å². The van der Waals surface area contributed by atoms with E-state index >= 15 is 0 Å². The van der Waals surface area contributed by atoms with Gasteiger partial charge in [0.2, 0.25) is 0 Å². The summed E-state index contributed by atoms with van der Waals surface area (Å²) in [6.45, 7) is 0. The predicted octanol–water partition coefficient (Wildman–Crippen LogP) is 1.75. The van der Waals surface area contributed by atoms with E-state index in [-0.39, 0.29) is 0 Å². The molecular formula is C7H11O. The van der Waals surface area contributed by atoms with E-state index in [1.165, 1.54) is 12.8 Å². The second-order valence-electron chi connectivity index (χ2n) is 3.35. The molecule has 45 valence electrons. The molecule has 8 heavy (non-hydrogen) atoms. The van der Waals surface area contributed by atoms with Gasteiger partial charge < -0.3 is 0 Å². The van der Waals surface area contributed by atoms with Crippen molar-refractivity contribution in [1.29, 1.82) is 0 Å². The van der Waals surface area contributed by atoms with E-state index in [1.54, 1.807) is 0 Å². The molecule has 0 saturated heterocycles. The summed E-state index contributed by atoms with van der Waals surface area (Å²) in [5.74, 6) is 0.834. The van der Waals surface area contributed by atoms with Gasteiger partial charge in [0, 0.05) is 0 Å². The molecule has 0 aromatic heterocycles. The van der Waals surface area contributed by atoms with Gasteiger partial charge in [-0.15, -0.1) is 0 Å². The maximum absolute atomic E-state index is 11.2. The summed E-state index contributed by atoms with van der Waals surface area (Å²) >= 11 is 0. The Kier molecular flexibility index (Phi) is 0.762. The van der Waals surface area contributed by atoms with Gasteiger partial charge in [-0.25, -0.2) is 5.11 Å². The third-order valence-corrected chi connectivity index (χ3v) is 2.57. The molecule has 0 aliphatic heterocycles. The molecule has 0 atom stereocenters. The zero-order chi connectivity index (χ0) is 5.61. The van der Waals surface area contributed by atoms with Crippen LogP contribution in [0.3, 0.4) is 0 Å². The third kappa shape index (κ3) is 0.510. The summed E-state index contributed by atoms with van der Waals surface area (Å²) in [4.78, 5) is 0. The highest BCUT2D eigenvalue weighted by atomic mass is 16.3. The molecule has 0 aromatic rings. The van der Waals surface area contributed by atoms with Gasteiger partial charge in [0.25, 0.3) is 0 Å². The van der Waals surface area contributed by atoms with Crippen LogP contribution in [0, 0.1) is 5.92 Å². The molecule has 0 unspecified atom stereocenters. The van der Waals surface area contributed by atoms with Crippen LogP contribution in [-0.4, -0.2) is 5.60 Å². The summed E-state index contributed by atoms with van der Waals surface area (Å²) in [5, 5.41) is 11.2. The molecule has 3 fully saturated rings. The van der Waals surface area contributed by atoms with Crippen molar-refractivity contribution in [2.24, 2.45) is 5.92 Å². The molecule has 2 bridgehead atoms. The van der Waals surface area contributed by atoms with Crippen LogP contribution in [0.15, 0.2) is 0 Å². The van der Waals surface area contributed by atoms with Crippen LogP contribution in [-0.2, 0) is 5.11 Å². The van der Waals surface area contributed by atoms with Crippen LogP contribution in [0.25, 0.3) is 0 Å². The Morgan fingerprint density at radius 1 is 1.38 bits per heavy atom. The van der Waals surface area contributed by atoms with Crippen molar-refractivity contribution in [3.63, 3.8) is 0 Å². The van der Waals surface area contributed by atoms with E-state index in [1.807, 2.05) is 0 Å². The Morgan fingerprint density at radius 2 is 2.12 bits per heavy atom. The Balaban J connectivity index is 2.06. The quantitative estimate of drug-likeness (QED) is 0.454. The minimum atomic E-state index is -0.428. The van der Waals surface area contributed by atoms with Crippen LogP contribution in [0.4, 0.5) is 0 Å². The van der Waals surface area contributed by atoms with Crippen molar-refractivity contribution < 1.29 is 5.11 Å². The first-order valence-electron chi connectivity index (χ1n) is 3.49. The summed E-state index contributed by atoms with van der Waals surface area (Å²) in [6, 6.07) is 0. The molecule has 0 amide bonds. The molecule has 0 heterocycles. The Labute approximate surface area is 49.7 Å². The second-order valence-corrected chi connectivity index (χ2v) is 3.35. The fourth-order valence-electron chi connectivity index (χ4n) is 2.11. The highest BCUT2D eigenvalue weighted by molar-refractivity contribution is 4.97. The predicted molar refractivity (Wildman–Crippen MR) is 30.0 cm³/mol. The van der Waals surface area contributed by atoms with Gasteiger partial charge in [0.15, 0.2) is 0 Å². The van der Waals surface area contributed by atoms with Crippen molar-refractivity contribution in [3.05, 3.63) is 0 Å². The van der Waals surface area contributed by atoms with Gasteiger partial charge in [-0.3, -0.25) is 0 Å². The van der Waals surface area contributed by atoms with E-state index in [0.29, 0.717) is 0 Å². The number of hydrogen-bond acceptors (Lipinski definition) is 0. The SMILES string of the molecule is [O]C12CCCC(C1)C2. The lowest BCUT2D eigenvalue weighted by atomic mass is 9.62. The molecule has 3 saturated carbocycles. The van der Waals surface area contributed by atoms with Crippen LogP contribution in [0.1, 0.15) is 32.1 Å². The lowest BCUT2D eigenvalue weighted by Crippen LogP contribution is -2.46. The molecule has 1 nitrogen and oxygen atoms in total. The smallest absolute Gasteiger partial charge is 0.104 e. The van der Waals surface area contributed by atoms with E-state index in [9.17, 15) is 5.11 Å². The molecule has 3 aliphatic rings. The number of rotatable bonds is 0. The maximum atomic E-state index is 11.2. The van der Waals surface area contributed by atoms with Crippen LogP contribution in [0.2, 0.25) is 0 Å². The first kappa shape index (κ1) is 4.80. The zero-order valence-electron chi connectivity index (χ0n) is 5.02. The highest BCUT2D eigenvalue weighted by Gasteiger charge is 2.46. The van der Waals surface area contributed by atoms with Crippen LogP contribution >= 0.6 is 0 Å². The molecule has 3 aliphatic carbocycles. The number of hydrogen-bond donors (Lipinski definition) is 0. The third-order valence-electron chi connectivity index (χ3n) is 2.57. The monoisotopic (exact) mass is 111 g/mol. The number of fused-ring (bicyclic) bond motifs is 2. The van der Waals surface area contributed by atoms with E-state index in [2.05, 4.69) is 0 Å². The molecule has 0 spiro atoms. The summed E-state index contributed by atoms with van der Waals surface area (Å²) in [6.07, 6.45) is 5.49. The first-order chi connectivity index (χ1) is 3.79. The molecule has 1 heteroatoms. The first-order valence-corrected chi connectivity index (χ1v) is 3.49. The molecule has 0 aromatic carbocycles. The Hall–Kier alpha value is -0.0400. The Bertz CT molecular complexity index is 97.4. The van der Waals surface area contributed by atoms with Gasteiger partial charge in [-0.1, -0.05) is 12.8 Å². The van der Waals surface area contributed by atoms with Crippen molar-refractivity contribution in [2.45, 2.75) is 37.7 Å². The minimum absolute atomic E-state index is 0.428. The van der Waals surface area contributed by atoms with E-state index < -0.39 is 5.60 Å². The summed E-state index contributed by atoms with van der Waals surface area (Å²) in [5.41, 5.74) is -0.428. The fourth-order valence-corrected chi connectivity index (χ4v) is 2.11. The largest absolute Gasteiger partial charge is 0.229 e.